The Bertz CT molecular complexity index is 372. The molecule has 1 aromatic heterocycles. The number of nitrogens with two attached hydrogens (primary N) is 1. The van der Waals surface area contributed by atoms with Crippen LogP contribution in [0.15, 0.2) is 6.07 Å². The number of nitrogens with zero attached hydrogens (tertiary/aromatic N) is 2. The molecule has 0 atom stereocenters. The molecule has 0 unspecified atom stereocenters. The van der Waals surface area contributed by atoms with E-state index in [-0.39, 0.29) is 5.92 Å². The number of rotatable bonds is 2. The number of hydrogen-bond acceptors (Lipinski definition) is 3. The normalized spacial score (nSPS) is 25.6. The minimum absolute atomic E-state index is 0.169. The van der Waals surface area contributed by atoms with Crippen molar-refractivity contribution in [3.05, 3.63) is 11.8 Å². The quantitative estimate of drug-likeness (QED) is 0.793. The van der Waals surface area contributed by atoms with E-state index in [4.69, 9.17) is 10.8 Å². The lowest BCUT2D eigenvalue weighted by molar-refractivity contribution is -0.142. The molecule has 0 saturated heterocycles. The highest BCUT2D eigenvalue weighted by molar-refractivity contribution is 5.70. The van der Waals surface area contributed by atoms with Crippen molar-refractivity contribution in [3.63, 3.8) is 0 Å². The lowest BCUT2D eigenvalue weighted by Gasteiger charge is -2.24. The van der Waals surface area contributed by atoms with Crippen molar-refractivity contribution in [1.29, 1.82) is 0 Å². The molecular weight excluding hydrogens is 206 g/mol. The van der Waals surface area contributed by atoms with Gasteiger partial charge in [-0.1, -0.05) is 0 Å². The molecule has 0 spiro atoms. The summed E-state index contributed by atoms with van der Waals surface area (Å²) in [5.74, 6) is 0.200. The maximum atomic E-state index is 10.8. The summed E-state index contributed by atoms with van der Waals surface area (Å²) >= 11 is 0. The number of carboxylic acid groups (broad SMARTS) is 1. The van der Waals surface area contributed by atoms with E-state index in [0.29, 0.717) is 11.7 Å². The molecule has 0 amide bonds. The average molecular weight is 223 g/mol. The number of anilines is 1. The molecule has 0 aliphatic heterocycles. The Morgan fingerprint density at radius 3 is 2.56 bits per heavy atom. The largest absolute Gasteiger partial charge is 0.481 e. The highest BCUT2D eigenvalue weighted by Crippen LogP contribution is 2.35. The predicted molar refractivity (Wildman–Crippen MR) is 60.0 cm³/mol. The van der Waals surface area contributed by atoms with Crippen molar-refractivity contribution in [2.45, 2.75) is 31.6 Å². The molecule has 0 aromatic carbocycles. The molecule has 1 heterocycles. The Labute approximate surface area is 94.2 Å². The van der Waals surface area contributed by atoms with E-state index in [0.717, 1.165) is 31.4 Å². The molecule has 1 saturated carbocycles. The molecule has 5 nitrogen and oxygen atoms in total. The van der Waals surface area contributed by atoms with Crippen molar-refractivity contribution in [1.82, 2.24) is 9.78 Å². The number of aryl methyl sites for hydroxylation is 1. The second kappa shape index (κ2) is 4.15. The number of carboxylic acids is 1. The van der Waals surface area contributed by atoms with Gasteiger partial charge < -0.3 is 10.8 Å². The minimum atomic E-state index is -0.668. The fourth-order valence-corrected chi connectivity index (χ4v) is 2.34. The number of hydrogen-bond donors (Lipinski definition) is 2. The average Bonchev–Trinajstić information content (AvgIpc) is 2.59. The molecule has 2 rings (SSSR count). The SMILES string of the molecule is Cn1nc(C2CCC(C(=O)O)CC2)cc1N. The first-order chi connectivity index (χ1) is 7.58. The Morgan fingerprint density at radius 1 is 1.50 bits per heavy atom. The lowest BCUT2D eigenvalue weighted by atomic mass is 9.80. The summed E-state index contributed by atoms with van der Waals surface area (Å²) in [7, 11) is 1.82. The molecule has 0 radical (unpaired) electrons. The van der Waals surface area contributed by atoms with Gasteiger partial charge in [0, 0.05) is 19.0 Å². The van der Waals surface area contributed by atoms with Gasteiger partial charge in [-0.15, -0.1) is 0 Å². The third-order valence-corrected chi connectivity index (χ3v) is 3.43. The number of aromatic nitrogens is 2. The van der Waals surface area contributed by atoms with E-state index < -0.39 is 5.97 Å². The first-order valence-corrected chi connectivity index (χ1v) is 5.60. The van der Waals surface area contributed by atoms with Crippen molar-refractivity contribution in [2.24, 2.45) is 13.0 Å². The predicted octanol–water partition coefficient (Wildman–Crippen LogP) is 1.36. The fraction of sp³-hybridized carbons (Fsp3) is 0.636. The molecular formula is C11H17N3O2. The summed E-state index contributed by atoms with van der Waals surface area (Å²) in [5, 5.41) is 13.3. The maximum Gasteiger partial charge on any atom is 0.306 e. The summed E-state index contributed by atoms with van der Waals surface area (Å²) in [4.78, 5) is 10.8. The van der Waals surface area contributed by atoms with Crippen LogP contribution >= 0.6 is 0 Å². The van der Waals surface area contributed by atoms with Crippen molar-refractivity contribution < 1.29 is 9.90 Å². The van der Waals surface area contributed by atoms with E-state index in [9.17, 15) is 4.79 Å². The third-order valence-electron chi connectivity index (χ3n) is 3.43. The van der Waals surface area contributed by atoms with Crippen molar-refractivity contribution in [2.75, 3.05) is 5.73 Å². The van der Waals surface area contributed by atoms with Crippen molar-refractivity contribution >= 4 is 11.8 Å². The van der Waals surface area contributed by atoms with E-state index in [1.165, 1.54) is 0 Å². The van der Waals surface area contributed by atoms with Gasteiger partial charge in [0.05, 0.1) is 11.6 Å². The summed E-state index contributed by atoms with van der Waals surface area (Å²) in [6, 6.07) is 1.89. The Hall–Kier alpha value is -1.52. The second-order valence-corrected chi connectivity index (χ2v) is 4.50. The highest BCUT2D eigenvalue weighted by atomic mass is 16.4. The molecule has 3 N–H and O–H groups in total. The molecule has 1 aromatic rings. The standard InChI is InChI=1S/C11H17N3O2/c1-14-10(12)6-9(13-14)7-2-4-8(5-3-7)11(15)16/h6-8H,2-5,12H2,1H3,(H,15,16). The topological polar surface area (TPSA) is 81.1 Å². The molecule has 5 heteroatoms. The lowest BCUT2D eigenvalue weighted by Crippen LogP contribution is -2.20. The van der Waals surface area contributed by atoms with Crippen LogP contribution in [0.2, 0.25) is 0 Å². The van der Waals surface area contributed by atoms with Crippen LogP contribution in [0.4, 0.5) is 5.82 Å². The van der Waals surface area contributed by atoms with Gasteiger partial charge in [0.25, 0.3) is 0 Å². The van der Waals surface area contributed by atoms with Gasteiger partial charge in [-0.25, -0.2) is 0 Å². The molecule has 0 bridgehead atoms. The van der Waals surface area contributed by atoms with E-state index >= 15 is 0 Å². The summed E-state index contributed by atoms with van der Waals surface area (Å²) in [6.45, 7) is 0. The minimum Gasteiger partial charge on any atom is -0.481 e. The number of aliphatic carboxylic acids is 1. The second-order valence-electron chi connectivity index (χ2n) is 4.50. The van der Waals surface area contributed by atoms with Gasteiger partial charge in [0.1, 0.15) is 5.82 Å². The smallest absolute Gasteiger partial charge is 0.306 e. The van der Waals surface area contributed by atoms with E-state index in [1.54, 1.807) is 4.68 Å². The molecule has 1 aliphatic carbocycles. The first-order valence-electron chi connectivity index (χ1n) is 5.60. The van der Waals surface area contributed by atoms with Gasteiger partial charge in [-0.05, 0) is 25.7 Å². The van der Waals surface area contributed by atoms with Crippen LogP contribution in [0.25, 0.3) is 0 Å². The molecule has 1 aliphatic rings. The van der Waals surface area contributed by atoms with Crippen LogP contribution in [-0.2, 0) is 11.8 Å². The Balaban J connectivity index is 2.01. The zero-order chi connectivity index (χ0) is 11.7. The van der Waals surface area contributed by atoms with Crippen LogP contribution in [0, 0.1) is 5.92 Å². The molecule has 1 fully saturated rings. The van der Waals surface area contributed by atoms with Crippen molar-refractivity contribution in [3.8, 4) is 0 Å². The third kappa shape index (κ3) is 2.03. The van der Waals surface area contributed by atoms with Crippen LogP contribution in [-0.4, -0.2) is 20.9 Å². The van der Waals surface area contributed by atoms with Gasteiger partial charge in [-0.3, -0.25) is 9.48 Å². The van der Waals surface area contributed by atoms with Gasteiger partial charge >= 0.3 is 5.97 Å². The fourth-order valence-electron chi connectivity index (χ4n) is 2.34. The van der Waals surface area contributed by atoms with E-state index in [1.807, 2.05) is 13.1 Å². The molecule has 16 heavy (non-hydrogen) atoms. The van der Waals surface area contributed by atoms with Crippen LogP contribution < -0.4 is 5.73 Å². The zero-order valence-corrected chi connectivity index (χ0v) is 9.39. The zero-order valence-electron chi connectivity index (χ0n) is 9.39. The Kier molecular flexibility index (Phi) is 2.85. The summed E-state index contributed by atoms with van der Waals surface area (Å²) in [6.07, 6.45) is 3.29. The summed E-state index contributed by atoms with van der Waals surface area (Å²) in [5.41, 5.74) is 6.73. The first kappa shape index (κ1) is 11.0. The van der Waals surface area contributed by atoms with Crippen LogP contribution in [0.3, 0.4) is 0 Å². The summed E-state index contributed by atoms with van der Waals surface area (Å²) < 4.78 is 1.67. The van der Waals surface area contributed by atoms with Gasteiger partial charge in [0.15, 0.2) is 0 Å². The highest BCUT2D eigenvalue weighted by Gasteiger charge is 2.28. The molecule has 88 valence electrons. The Morgan fingerprint density at radius 2 is 2.12 bits per heavy atom. The number of nitrogen functional groups attached to an aromatic ring is 1. The van der Waals surface area contributed by atoms with Crippen LogP contribution in [0.5, 0.6) is 0 Å². The van der Waals surface area contributed by atoms with Gasteiger partial charge in [-0.2, -0.15) is 5.10 Å². The monoisotopic (exact) mass is 223 g/mol. The maximum absolute atomic E-state index is 10.8. The van der Waals surface area contributed by atoms with Gasteiger partial charge in [0.2, 0.25) is 0 Å². The van der Waals surface area contributed by atoms with Crippen LogP contribution in [0.1, 0.15) is 37.3 Å². The number of carbonyl (C=O) groups is 1. The van der Waals surface area contributed by atoms with E-state index in [2.05, 4.69) is 5.10 Å².